The Hall–Kier alpha value is -3.75. The summed E-state index contributed by atoms with van der Waals surface area (Å²) in [5.41, 5.74) is 8.38. The average molecular weight is 625 g/mol. The van der Waals surface area contributed by atoms with Gasteiger partial charge in [0.2, 0.25) is 0 Å². The maximum absolute atomic E-state index is 14.1. The Morgan fingerprint density at radius 1 is 1.20 bits per heavy atom. The van der Waals surface area contributed by atoms with Crippen molar-refractivity contribution < 1.29 is 18.0 Å². The van der Waals surface area contributed by atoms with Crippen LogP contribution >= 0.6 is 12.2 Å². The van der Waals surface area contributed by atoms with Gasteiger partial charge in [-0.15, -0.1) is 0 Å². The minimum absolute atomic E-state index is 0.0434. The van der Waals surface area contributed by atoms with Crippen molar-refractivity contribution >= 4 is 23.1 Å². The molecule has 3 aromatic rings. The van der Waals surface area contributed by atoms with Crippen LogP contribution in [0, 0.1) is 23.2 Å². The molecule has 3 N–H and O–H groups in total. The van der Waals surface area contributed by atoms with E-state index in [1.807, 2.05) is 30.5 Å². The van der Waals surface area contributed by atoms with E-state index in [1.165, 1.54) is 12.1 Å². The molecule has 234 valence electrons. The molecule has 1 fully saturated rings. The highest BCUT2D eigenvalue weighted by Crippen LogP contribution is 2.33. The first kappa shape index (κ1) is 33.1. The van der Waals surface area contributed by atoms with Crippen LogP contribution in [0.4, 0.5) is 13.2 Å². The van der Waals surface area contributed by atoms with E-state index in [0.29, 0.717) is 24.2 Å². The molecule has 0 spiro atoms. The maximum Gasteiger partial charge on any atom is 0.416 e. The van der Waals surface area contributed by atoms with Gasteiger partial charge in [0, 0.05) is 37.4 Å². The first-order valence-electron chi connectivity index (χ1n) is 15.0. The Morgan fingerprint density at radius 3 is 2.52 bits per heavy atom. The molecule has 44 heavy (non-hydrogen) atoms. The van der Waals surface area contributed by atoms with Gasteiger partial charge in [-0.25, -0.2) is 4.98 Å². The smallest absolute Gasteiger partial charge is 0.360 e. The largest absolute Gasteiger partial charge is 0.416 e. The first-order valence-corrected chi connectivity index (χ1v) is 15.4. The van der Waals surface area contributed by atoms with Crippen LogP contribution in [-0.4, -0.2) is 37.6 Å². The van der Waals surface area contributed by atoms with E-state index >= 15 is 0 Å². The van der Waals surface area contributed by atoms with Crippen LogP contribution in [0.5, 0.6) is 0 Å². The Kier molecular flexibility index (Phi) is 11.2. The van der Waals surface area contributed by atoms with Gasteiger partial charge in [0.05, 0.1) is 35.6 Å². The van der Waals surface area contributed by atoms with Crippen molar-refractivity contribution in [1.82, 2.24) is 19.8 Å². The number of hydrogen-bond donors (Lipinski definition) is 2. The fraction of sp³-hybridized carbons (Fsp3) is 0.455. The van der Waals surface area contributed by atoms with Gasteiger partial charge in [-0.2, -0.15) is 18.4 Å². The Morgan fingerprint density at radius 2 is 1.89 bits per heavy atom. The number of nitrogens with zero attached hydrogens (tertiary/aromatic N) is 4. The Balaban J connectivity index is 1.61. The average Bonchev–Trinajstić information content (AvgIpc) is 3.68. The van der Waals surface area contributed by atoms with Gasteiger partial charge >= 0.3 is 6.18 Å². The summed E-state index contributed by atoms with van der Waals surface area (Å²) < 4.78 is 43.8. The zero-order valence-electron chi connectivity index (χ0n) is 25.1. The van der Waals surface area contributed by atoms with Crippen LogP contribution in [0.15, 0.2) is 61.1 Å². The zero-order valence-corrected chi connectivity index (χ0v) is 25.9. The number of Topliss-reactive ketones (excluding diaryl/α,β-unsaturated/α-hetero) is 1. The number of hydrogen-bond acceptors (Lipinski definition) is 5. The van der Waals surface area contributed by atoms with Gasteiger partial charge in [0.25, 0.3) is 0 Å². The number of benzene rings is 2. The number of carbonyl (C=O) groups excluding carboxylic acids is 1. The molecule has 0 aliphatic heterocycles. The molecule has 1 aromatic heterocycles. The number of nitrogens with one attached hydrogen (secondary N) is 1. The molecule has 0 amide bonds. The number of rotatable bonds is 12. The number of ketones is 1. The molecule has 0 saturated heterocycles. The van der Waals surface area contributed by atoms with E-state index in [1.54, 1.807) is 35.6 Å². The van der Waals surface area contributed by atoms with E-state index in [0.717, 1.165) is 37.3 Å². The van der Waals surface area contributed by atoms with Crippen LogP contribution in [0.1, 0.15) is 73.9 Å². The molecule has 0 radical (unpaired) electrons. The van der Waals surface area contributed by atoms with E-state index in [-0.39, 0.29) is 41.4 Å². The van der Waals surface area contributed by atoms with Crippen molar-refractivity contribution in [2.24, 2.45) is 17.6 Å². The number of carbonyl (C=O) groups is 1. The van der Waals surface area contributed by atoms with Crippen molar-refractivity contribution in [1.29, 1.82) is 5.26 Å². The molecule has 4 rings (SSSR count). The molecule has 1 saturated carbocycles. The highest BCUT2D eigenvalue weighted by atomic mass is 32.1. The molecule has 7 nitrogen and oxygen atoms in total. The molecule has 2 aromatic carbocycles. The van der Waals surface area contributed by atoms with Crippen molar-refractivity contribution in [3.63, 3.8) is 0 Å². The maximum atomic E-state index is 14.1. The zero-order chi connectivity index (χ0) is 31.9. The predicted octanol–water partition coefficient (Wildman–Crippen LogP) is 6.20. The molecule has 11 heteroatoms. The Bertz CT molecular complexity index is 1460. The van der Waals surface area contributed by atoms with Gasteiger partial charge in [-0.3, -0.25) is 4.79 Å². The van der Waals surface area contributed by atoms with Crippen molar-refractivity contribution in [2.45, 2.75) is 83.8 Å². The van der Waals surface area contributed by atoms with Crippen LogP contribution in [0.2, 0.25) is 0 Å². The van der Waals surface area contributed by atoms with Crippen LogP contribution in [0.25, 0.3) is 0 Å². The van der Waals surface area contributed by atoms with Gasteiger partial charge in [0.15, 0.2) is 5.11 Å². The van der Waals surface area contributed by atoms with E-state index < -0.39 is 23.8 Å². The number of alkyl halides is 3. The summed E-state index contributed by atoms with van der Waals surface area (Å²) in [5.74, 6) is -1.01. The fourth-order valence-electron chi connectivity index (χ4n) is 5.87. The second-order valence-corrected chi connectivity index (χ2v) is 12.0. The van der Waals surface area contributed by atoms with Gasteiger partial charge < -0.3 is 20.5 Å². The standard InChI is InChI=1S/C33H39F3N6OS/c1-3-22(2)30(29(43)16-27-18-39-21-41(27)19-24-14-12-23(17-37)13-15-24)31(38)42(32(44)40-26-9-5-6-10-26)20-25-8-4-7-11-28(25)33(34,35)36/h4,7-8,11-15,18,21-22,26,30-31H,3,5-6,9-10,16,19-20,38H2,1-2H3,(H,40,44)/t22-,30+,31?/m0/s1. The van der Waals surface area contributed by atoms with Crippen LogP contribution in [-0.2, 0) is 30.5 Å². The van der Waals surface area contributed by atoms with Crippen LogP contribution < -0.4 is 11.1 Å². The van der Waals surface area contributed by atoms with Crippen molar-refractivity contribution in [3.05, 3.63) is 89.0 Å². The topological polar surface area (TPSA) is 100.0 Å². The quantitative estimate of drug-likeness (QED) is 0.183. The molecular weight excluding hydrogens is 585 g/mol. The summed E-state index contributed by atoms with van der Waals surface area (Å²) >= 11 is 5.79. The third kappa shape index (κ3) is 8.24. The lowest BCUT2D eigenvalue weighted by molar-refractivity contribution is -0.138. The molecular formula is C33H39F3N6OS. The van der Waals surface area contributed by atoms with E-state index in [9.17, 15) is 18.0 Å². The number of imidazole rings is 1. The molecule has 1 unspecified atom stereocenters. The number of halogens is 3. The lowest BCUT2D eigenvalue weighted by Gasteiger charge is -2.39. The van der Waals surface area contributed by atoms with Crippen molar-refractivity contribution in [3.8, 4) is 6.07 Å². The summed E-state index contributed by atoms with van der Waals surface area (Å²) in [6, 6.07) is 14.8. The molecule has 1 aliphatic carbocycles. The number of nitrogens with two attached hydrogens (primary N) is 1. The second kappa shape index (κ2) is 14.8. The molecule has 3 atom stereocenters. The summed E-state index contributed by atoms with van der Waals surface area (Å²) in [7, 11) is 0. The summed E-state index contributed by atoms with van der Waals surface area (Å²) in [4.78, 5) is 19.9. The normalized spacial score (nSPS) is 15.8. The number of aromatic nitrogens is 2. The highest BCUT2D eigenvalue weighted by Gasteiger charge is 2.38. The molecule has 1 heterocycles. The Labute approximate surface area is 262 Å². The monoisotopic (exact) mass is 624 g/mol. The van der Waals surface area contributed by atoms with E-state index in [4.69, 9.17) is 23.2 Å². The highest BCUT2D eigenvalue weighted by molar-refractivity contribution is 7.80. The lowest BCUT2D eigenvalue weighted by Crippen LogP contribution is -2.57. The SMILES string of the molecule is CC[C@H](C)[C@H](C(=O)Cc1cncn1Cc1ccc(C#N)cc1)C(N)N(Cc1ccccc1C(F)(F)F)C(=S)NC1CCCC1. The predicted molar refractivity (Wildman–Crippen MR) is 167 cm³/mol. The summed E-state index contributed by atoms with van der Waals surface area (Å²) in [6.45, 7) is 4.17. The van der Waals surface area contributed by atoms with Crippen molar-refractivity contribution in [2.75, 3.05) is 0 Å². The third-order valence-electron chi connectivity index (χ3n) is 8.55. The molecule has 0 bridgehead atoms. The summed E-state index contributed by atoms with van der Waals surface area (Å²) in [6.07, 6.45) is 2.41. The third-order valence-corrected chi connectivity index (χ3v) is 8.91. The second-order valence-electron chi connectivity index (χ2n) is 11.6. The molecule has 1 aliphatic rings. The van der Waals surface area contributed by atoms with Gasteiger partial charge in [0.1, 0.15) is 5.78 Å². The van der Waals surface area contributed by atoms with Gasteiger partial charge in [-0.1, -0.05) is 63.4 Å². The number of thiocarbonyl (C=S) groups is 1. The van der Waals surface area contributed by atoms with Gasteiger partial charge in [-0.05, 0) is 60.3 Å². The lowest BCUT2D eigenvalue weighted by atomic mass is 9.83. The minimum Gasteiger partial charge on any atom is -0.360 e. The summed E-state index contributed by atoms with van der Waals surface area (Å²) in [5, 5.41) is 12.7. The number of nitriles is 1. The van der Waals surface area contributed by atoms with Crippen LogP contribution in [0.3, 0.4) is 0 Å². The first-order chi connectivity index (χ1) is 21.0. The minimum atomic E-state index is -4.55. The van der Waals surface area contributed by atoms with E-state index in [2.05, 4.69) is 16.4 Å². The fourth-order valence-corrected chi connectivity index (χ4v) is 6.22.